The lowest BCUT2D eigenvalue weighted by atomic mass is 9.99. The van der Waals surface area contributed by atoms with Crippen molar-refractivity contribution in [2.75, 3.05) is 6.54 Å². The van der Waals surface area contributed by atoms with Gasteiger partial charge in [0.1, 0.15) is 5.69 Å². The quantitative estimate of drug-likeness (QED) is 0.512. The normalized spacial score (nSPS) is 11.5. The van der Waals surface area contributed by atoms with Crippen LogP contribution in [0.1, 0.15) is 52.4 Å². The van der Waals surface area contributed by atoms with Gasteiger partial charge in [-0.05, 0) is 30.0 Å². The predicted octanol–water partition coefficient (Wildman–Crippen LogP) is 4.84. The van der Waals surface area contributed by atoms with Crippen LogP contribution in [0.25, 0.3) is 11.3 Å². The maximum absolute atomic E-state index is 12.4. The van der Waals surface area contributed by atoms with Gasteiger partial charge in [0.2, 0.25) is 0 Å². The average molecular weight is 441 g/mol. The van der Waals surface area contributed by atoms with Crippen LogP contribution in [0.15, 0.2) is 41.9 Å². The summed E-state index contributed by atoms with van der Waals surface area (Å²) in [6.07, 6.45) is 1.80. The van der Waals surface area contributed by atoms with Crippen molar-refractivity contribution >= 4 is 42.1 Å². The molecule has 0 radical (unpaired) electrons. The van der Waals surface area contributed by atoms with Gasteiger partial charge in [-0.2, -0.15) is 0 Å². The highest BCUT2D eigenvalue weighted by Crippen LogP contribution is 2.22. The minimum Gasteiger partial charge on any atom is -0.357 e. The largest absolute Gasteiger partial charge is 0.357 e. The van der Waals surface area contributed by atoms with Crippen molar-refractivity contribution in [1.29, 1.82) is 0 Å². The molecule has 1 atom stereocenters. The number of nitrogens with zero attached hydrogens (tertiary/aromatic N) is 1. The first-order valence-electron chi connectivity index (χ1n) is 8.68. The van der Waals surface area contributed by atoms with Crippen LogP contribution < -0.4 is 11.1 Å². The summed E-state index contributed by atoms with van der Waals surface area (Å²) in [5.74, 6) is 0.320. The van der Waals surface area contributed by atoms with E-state index >= 15 is 0 Å². The van der Waals surface area contributed by atoms with E-state index in [0.717, 1.165) is 21.8 Å². The lowest BCUT2D eigenvalue weighted by molar-refractivity contribution is 0.0947. The molecule has 28 heavy (non-hydrogen) atoms. The van der Waals surface area contributed by atoms with Gasteiger partial charge in [-0.15, -0.1) is 36.2 Å². The van der Waals surface area contributed by atoms with Crippen molar-refractivity contribution < 1.29 is 4.79 Å². The molecular formula is C20H26Cl2N4OS. The second kappa shape index (κ2) is 10.6. The van der Waals surface area contributed by atoms with Gasteiger partial charge in [-0.1, -0.05) is 38.1 Å². The number of carbonyl (C=O) groups excluding carboxylic acids is 1. The molecule has 8 heteroatoms. The van der Waals surface area contributed by atoms with E-state index < -0.39 is 0 Å². The number of halogens is 2. The maximum Gasteiger partial charge on any atom is 0.267 e. The third-order valence-electron chi connectivity index (χ3n) is 4.36. The molecule has 0 aliphatic heterocycles. The number of H-pyrrole nitrogens is 1. The highest BCUT2D eigenvalue weighted by molar-refractivity contribution is 7.09. The second-order valence-corrected chi connectivity index (χ2v) is 7.75. The van der Waals surface area contributed by atoms with Gasteiger partial charge in [0.25, 0.3) is 5.91 Å². The SMILES string of the molecule is Cc1nc(-c2c[nH]c(C(=O)NCC(N)c3ccc(C(C)C)cc3)c2)cs1.Cl.Cl. The average Bonchev–Trinajstić information content (AvgIpc) is 3.28. The number of aromatic amines is 1. The number of thiazole rings is 1. The summed E-state index contributed by atoms with van der Waals surface area (Å²) in [4.78, 5) is 19.8. The Kier molecular flexibility index (Phi) is 9.17. The highest BCUT2D eigenvalue weighted by Gasteiger charge is 2.13. The van der Waals surface area contributed by atoms with Crippen LogP contribution in [-0.4, -0.2) is 22.4 Å². The molecule has 0 aliphatic carbocycles. The smallest absolute Gasteiger partial charge is 0.267 e. The molecule has 2 heterocycles. The van der Waals surface area contributed by atoms with E-state index in [0.29, 0.717) is 18.2 Å². The molecule has 3 rings (SSSR count). The summed E-state index contributed by atoms with van der Waals surface area (Å²) in [6.45, 7) is 6.66. The van der Waals surface area contributed by atoms with Gasteiger partial charge in [0, 0.05) is 29.7 Å². The van der Waals surface area contributed by atoms with E-state index in [1.54, 1.807) is 17.5 Å². The third kappa shape index (κ3) is 5.82. The first-order valence-corrected chi connectivity index (χ1v) is 9.56. The minimum atomic E-state index is -0.240. The number of amides is 1. The van der Waals surface area contributed by atoms with E-state index in [1.165, 1.54) is 5.56 Å². The number of nitrogens with two attached hydrogens (primary N) is 1. The van der Waals surface area contributed by atoms with Crippen LogP contribution in [0.3, 0.4) is 0 Å². The number of benzene rings is 1. The van der Waals surface area contributed by atoms with Crippen molar-refractivity contribution in [2.45, 2.75) is 32.7 Å². The van der Waals surface area contributed by atoms with Gasteiger partial charge in [-0.25, -0.2) is 4.98 Å². The molecule has 0 bridgehead atoms. The summed E-state index contributed by atoms with van der Waals surface area (Å²) >= 11 is 1.59. The Morgan fingerprint density at radius 3 is 2.43 bits per heavy atom. The van der Waals surface area contributed by atoms with Crippen molar-refractivity contribution in [2.24, 2.45) is 5.73 Å². The molecule has 0 aliphatic rings. The topological polar surface area (TPSA) is 83.8 Å². The van der Waals surface area contributed by atoms with Crippen LogP contribution in [0.4, 0.5) is 0 Å². The highest BCUT2D eigenvalue weighted by atomic mass is 35.5. The molecule has 1 unspecified atom stereocenters. The van der Waals surface area contributed by atoms with Crippen molar-refractivity contribution in [3.63, 3.8) is 0 Å². The van der Waals surface area contributed by atoms with Crippen LogP contribution in [-0.2, 0) is 0 Å². The molecule has 5 nitrogen and oxygen atoms in total. The number of aromatic nitrogens is 2. The minimum absolute atomic E-state index is 0. The van der Waals surface area contributed by atoms with Crippen LogP contribution >= 0.6 is 36.2 Å². The first kappa shape index (κ1) is 24.2. The number of hydrogen-bond acceptors (Lipinski definition) is 4. The van der Waals surface area contributed by atoms with Gasteiger partial charge in [-0.3, -0.25) is 4.79 Å². The standard InChI is InChI=1S/C20H24N4OS.2ClH/c1-12(2)14-4-6-15(7-5-14)17(21)10-23-20(25)18-8-16(9-22-18)19-11-26-13(3)24-19;;/h4-9,11-12,17,22H,10,21H2,1-3H3,(H,23,25);2*1H. The Hall–Kier alpha value is -1.86. The summed E-state index contributed by atoms with van der Waals surface area (Å²) < 4.78 is 0. The zero-order valence-corrected chi connectivity index (χ0v) is 18.5. The van der Waals surface area contributed by atoms with E-state index in [1.807, 2.05) is 30.5 Å². The molecule has 152 valence electrons. The lowest BCUT2D eigenvalue weighted by Crippen LogP contribution is -2.32. The Bertz CT molecular complexity index is 890. The predicted molar refractivity (Wildman–Crippen MR) is 121 cm³/mol. The zero-order chi connectivity index (χ0) is 18.7. The van der Waals surface area contributed by atoms with Gasteiger partial charge < -0.3 is 16.0 Å². The number of carbonyl (C=O) groups is 1. The lowest BCUT2D eigenvalue weighted by Gasteiger charge is -2.14. The van der Waals surface area contributed by atoms with Gasteiger partial charge in [0.05, 0.1) is 10.7 Å². The number of hydrogen-bond donors (Lipinski definition) is 3. The van der Waals surface area contributed by atoms with E-state index in [2.05, 4.69) is 41.3 Å². The fraction of sp³-hybridized carbons (Fsp3) is 0.300. The molecule has 2 aromatic heterocycles. The van der Waals surface area contributed by atoms with E-state index in [9.17, 15) is 4.79 Å². The van der Waals surface area contributed by atoms with Crippen LogP contribution in [0.5, 0.6) is 0 Å². The van der Waals surface area contributed by atoms with Gasteiger partial charge in [0.15, 0.2) is 0 Å². The summed E-state index contributed by atoms with van der Waals surface area (Å²) in [7, 11) is 0. The van der Waals surface area contributed by atoms with Gasteiger partial charge >= 0.3 is 0 Å². The van der Waals surface area contributed by atoms with E-state index in [-0.39, 0.29) is 36.8 Å². The fourth-order valence-electron chi connectivity index (χ4n) is 2.71. The van der Waals surface area contributed by atoms with Crippen LogP contribution in [0, 0.1) is 6.92 Å². The number of aryl methyl sites for hydroxylation is 1. The second-order valence-electron chi connectivity index (χ2n) is 6.69. The Morgan fingerprint density at radius 2 is 1.86 bits per heavy atom. The number of rotatable bonds is 6. The van der Waals surface area contributed by atoms with Crippen molar-refractivity contribution in [3.8, 4) is 11.3 Å². The summed E-state index contributed by atoms with van der Waals surface area (Å²) in [5, 5.41) is 5.88. The Morgan fingerprint density at radius 1 is 1.21 bits per heavy atom. The molecule has 3 aromatic rings. The third-order valence-corrected chi connectivity index (χ3v) is 5.13. The Labute approximate surface area is 182 Å². The molecule has 4 N–H and O–H groups in total. The van der Waals surface area contributed by atoms with Crippen molar-refractivity contribution in [3.05, 3.63) is 63.7 Å². The molecule has 0 saturated carbocycles. The Balaban J connectivity index is 0.00000196. The molecule has 1 amide bonds. The van der Waals surface area contributed by atoms with Crippen molar-refractivity contribution in [1.82, 2.24) is 15.3 Å². The molecular weight excluding hydrogens is 415 g/mol. The molecule has 0 fully saturated rings. The zero-order valence-electron chi connectivity index (χ0n) is 16.1. The van der Waals surface area contributed by atoms with E-state index in [4.69, 9.17) is 5.73 Å². The maximum atomic E-state index is 12.4. The monoisotopic (exact) mass is 440 g/mol. The molecule has 1 aromatic carbocycles. The molecule has 0 spiro atoms. The summed E-state index contributed by atoms with van der Waals surface area (Å²) in [5.41, 5.74) is 10.8. The number of nitrogens with one attached hydrogen (secondary N) is 2. The first-order chi connectivity index (χ1) is 12.4. The summed E-state index contributed by atoms with van der Waals surface area (Å²) in [6, 6.07) is 9.82. The van der Waals surface area contributed by atoms with Crippen LogP contribution in [0.2, 0.25) is 0 Å². The fourth-order valence-corrected chi connectivity index (χ4v) is 3.34. The molecule has 0 saturated heterocycles.